The van der Waals surface area contributed by atoms with Gasteiger partial charge in [-0.15, -0.1) is 0 Å². The van der Waals surface area contributed by atoms with Crippen molar-refractivity contribution in [1.29, 1.82) is 0 Å². The fraction of sp³-hybridized carbons (Fsp3) is 0.333. The first-order chi connectivity index (χ1) is 6.97. The second kappa shape index (κ2) is 5.34. The third-order valence-electron chi connectivity index (χ3n) is 1.95. The molecule has 15 heavy (non-hydrogen) atoms. The molecule has 1 aromatic rings. The number of halogens is 3. The van der Waals surface area contributed by atoms with Crippen LogP contribution in [0.25, 0.3) is 0 Å². The molecule has 0 aliphatic carbocycles. The SMILES string of the molecule is NCC(O)C(O)c1cc(Cl)cc(Cl)c1Cl. The van der Waals surface area contributed by atoms with Crippen LogP contribution in [0.1, 0.15) is 11.7 Å². The topological polar surface area (TPSA) is 66.5 Å². The van der Waals surface area contributed by atoms with E-state index in [1.165, 1.54) is 12.1 Å². The summed E-state index contributed by atoms with van der Waals surface area (Å²) >= 11 is 17.4. The molecule has 1 aromatic carbocycles. The molecule has 0 saturated carbocycles. The van der Waals surface area contributed by atoms with Crippen LogP contribution in [0.4, 0.5) is 0 Å². The molecular formula is C9H10Cl3NO2. The maximum Gasteiger partial charge on any atom is 0.108 e. The first-order valence-electron chi connectivity index (χ1n) is 4.18. The summed E-state index contributed by atoms with van der Waals surface area (Å²) in [5, 5.41) is 19.8. The second-order valence-corrected chi connectivity index (χ2v) is 4.26. The second-order valence-electron chi connectivity index (χ2n) is 3.04. The zero-order chi connectivity index (χ0) is 11.6. The van der Waals surface area contributed by atoms with Crippen molar-refractivity contribution in [2.24, 2.45) is 5.73 Å². The van der Waals surface area contributed by atoms with Crippen LogP contribution in [0.2, 0.25) is 15.1 Å². The van der Waals surface area contributed by atoms with Crippen LogP contribution in [-0.4, -0.2) is 22.9 Å². The maximum atomic E-state index is 9.69. The average molecular weight is 271 g/mol. The van der Waals surface area contributed by atoms with Crippen molar-refractivity contribution in [2.45, 2.75) is 12.2 Å². The van der Waals surface area contributed by atoms with Crippen molar-refractivity contribution in [3.8, 4) is 0 Å². The molecule has 0 saturated heterocycles. The van der Waals surface area contributed by atoms with Crippen molar-refractivity contribution >= 4 is 34.8 Å². The minimum atomic E-state index is -1.20. The summed E-state index contributed by atoms with van der Waals surface area (Å²) in [6.45, 7) is -0.0817. The molecule has 0 heterocycles. The summed E-state index contributed by atoms with van der Waals surface area (Å²) in [5.74, 6) is 0. The molecule has 0 aliphatic rings. The van der Waals surface area contributed by atoms with Gasteiger partial charge >= 0.3 is 0 Å². The number of nitrogens with two attached hydrogens (primary N) is 1. The van der Waals surface area contributed by atoms with E-state index in [9.17, 15) is 10.2 Å². The van der Waals surface area contributed by atoms with Gasteiger partial charge in [0, 0.05) is 17.1 Å². The summed E-state index contributed by atoms with van der Waals surface area (Å²) in [6.07, 6.45) is -2.30. The average Bonchev–Trinajstić information content (AvgIpc) is 2.21. The van der Waals surface area contributed by atoms with Crippen LogP contribution >= 0.6 is 34.8 Å². The highest BCUT2D eigenvalue weighted by molar-refractivity contribution is 6.43. The first-order valence-corrected chi connectivity index (χ1v) is 5.31. The summed E-state index contributed by atoms with van der Waals surface area (Å²) in [4.78, 5) is 0. The Morgan fingerprint density at radius 3 is 2.33 bits per heavy atom. The quantitative estimate of drug-likeness (QED) is 0.736. The van der Waals surface area contributed by atoms with E-state index < -0.39 is 12.2 Å². The molecule has 0 fully saturated rings. The molecule has 6 heteroatoms. The van der Waals surface area contributed by atoms with Crippen molar-refractivity contribution in [1.82, 2.24) is 0 Å². The summed E-state index contributed by atoms with van der Waals surface area (Å²) < 4.78 is 0. The van der Waals surface area contributed by atoms with Gasteiger partial charge in [-0.3, -0.25) is 0 Å². The molecule has 4 N–H and O–H groups in total. The van der Waals surface area contributed by atoms with Crippen molar-refractivity contribution in [3.63, 3.8) is 0 Å². The van der Waals surface area contributed by atoms with Gasteiger partial charge in [0.1, 0.15) is 6.10 Å². The molecule has 1 rings (SSSR count). The van der Waals surface area contributed by atoms with E-state index in [1.54, 1.807) is 0 Å². The number of hydrogen-bond acceptors (Lipinski definition) is 3. The molecule has 2 atom stereocenters. The van der Waals surface area contributed by atoms with Crippen molar-refractivity contribution in [3.05, 3.63) is 32.8 Å². The Labute approximate surface area is 102 Å². The van der Waals surface area contributed by atoms with E-state index in [-0.39, 0.29) is 22.2 Å². The van der Waals surface area contributed by atoms with Crippen LogP contribution in [0.5, 0.6) is 0 Å². The number of rotatable bonds is 3. The molecule has 0 aliphatic heterocycles. The van der Waals surface area contributed by atoms with Crippen LogP contribution in [0, 0.1) is 0 Å². The molecule has 2 unspecified atom stereocenters. The number of aliphatic hydroxyl groups is 2. The van der Waals surface area contributed by atoms with E-state index in [2.05, 4.69) is 0 Å². The Balaban J connectivity index is 3.13. The third-order valence-corrected chi connectivity index (χ3v) is 2.98. The predicted molar refractivity (Wildman–Crippen MR) is 61.5 cm³/mol. The molecule has 0 bridgehead atoms. The van der Waals surface area contributed by atoms with Crippen LogP contribution in [0.15, 0.2) is 12.1 Å². The monoisotopic (exact) mass is 269 g/mol. The highest BCUT2D eigenvalue weighted by Crippen LogP contribution is 2.34. The van der Waals surface area contributed by atoms with E-state index in [0.29, 0.717) is 5.02 Å². The van der Waals surface area contributed by atoms with Gasteiger partial charge in [0.05, 0.1) is 16.1 Å². The lowest BCUT2D eigenvalue weighted by Gasteiger charge is -2.18. The Morgan fingerprint density at radius 1 is 1.20 bits per heavy atom. The van der Waals surface area contributed by atoms with Gasteiger partial charge in [-0.25, -0.2) is 0 Å². The summed E-state index contributed by atoms with van der Waals surface area (Å²) in [7, 11) is 0. The molecule has 0 amide bonds. The number of aliphatic hydroxyl groups excluding tert-OH is 2. The number of benzene rings is 1. The van der Waals surface area contributed by atoms with E-state index >= 15 is 0 Å². The van der Waals surface area contributed by atoms with Crippen LogP contribution in [0.3, 0.4) is 0 Å². The minimum Gasteiger partial charge on any atom is -0.389 e. The van der Waals surface area contributed by atoms with Gasteiger partial charge in [-0.2, -0.15) is 0 Å². The molecule has 0 spiro atoms. The van der Waals surface area contributed by atoms with Crippen LogP contribution in [-0.2, 0) is 0 Å². The minimum absolute atomic E-state index is 0.0817. The first kappa shape index (κ1) is 13.0. The largest absolute Gasteiger partial charge is 0.389 e. The van der Waals surface area contributed by atoms with Gasteiger partial charge in [-0.05, 0) is 12.1 Å². The fourth-order valence-electron chi connectivity index (χ4n) is 1.13. The van der Waals surface area contributed by atoms with Gasteiger partial charge in [0.15, 0.2) is 0 Å². The normalized spacial score (nSPS) is 15.1. The molecule has 0 radical (unpaired) electrons. The summed E-state index contributed by atoms with van der Waals surface area (Å²) in [6, 6.07) is 2.90. The predicted octanol–water partition coefficient (Wildman–Crippen LogP) is 2.00. The van der Waals surface area contributed by atoms with E-state index in [4.69, 9.17) is 40.5 Å². The lowest BCUT2D eigenvalue weighted by molar-refractivity contribution is 0.0244. The Kier molecular flexibility index (Phi) is 4.64. The number of hydrogen-bond donors (Lipinski definition) is 3. The zero-order valence-electron chi connectivity index (χ0n) is 7.62. The highest BCUT2D eigenvalue weighted by Gasteiger charge is 2.21. The fourth-order valence-corrected chi connectivity index (χ4v) is 1.86. The van der Waals surface area contributed by atoms with Gasteiger partial charge < -0.3 is 15.9 Å². The molecule has 3 nitrogen and oxygen atoms in total. The van der Waals surface area contributed by atoms with Crippen LogP contribution < -0.4 is 5.73 Å². The lowest BCUT2D eigenvalue weighted by Crippen LogP contribution is -2.27. The van der Waals surface area contributed by atoms with Gasteiger partial charge in [0.25, 0.3) is 0 Å². The maximum absolute atomic E-state index is 9.69. The van der Waals surface area contributed by atoms with Crippen molar-refractivity contribution < 1.29 is 10.2 Å². The van der Waals surface area contributed by atoms with Crippen molar-refractivity contribution in [2.75, 3.05) is 6.54 Å². The third kappa shape index (κ3) is 2.97. The Morgan fingerprint density at radius 2 is 1.80 bits per heavy atom. The Bertz CT molecular complexity index is 359. The smallest absolute Gasteiger partial charge is 0.108 e. The standard InChI is InChI=1S/C9H10Cl3NO2/c10-4-1-5(8(12)6(11)2-4)9(15)7(14)3-13/h1-2,7,9,14-15H,3,13H2. The molecule has 0 aromatic heterocycles. The molecule has 84 valence electrons. The van der Waals surface area contributed by atoms with E-state index in [0.717, 1.165) is 0 Å². The molecular weight excluding hydrogens is 260 g/mol. The zero-order valence-corrected chi connectivity index (χ0v) is 9.89. The highest BCUT2D eigenvalue weighted by atomic mass is 35.5. The Hall–Kier alpha value is -0.0300. The van der Waals surface area contributed by atoms with Gasteiger partial charge in [0.2, 0.25) is 0 Å². The lowest BCUT2D eigenvalue weighted by atomic mass is 10.0. The van der Waals surface area contributed by atoms with E-state index in [1.807, 2.05) is 0 Å². The van der Waals surface area contributed by atoms with Gasteiger partial charge in [-0.1, -0.05) is 34.8 Å². The summed E-state index contributed by atoms with van der Waals surface area (Å²) in [5.41, 5.74) is 5.49.